The van der Waals surface area contributed by atoms with Crippen LogP contribution >= 0.6 is 0 Å². The average Bonchev–Trinajstić information content (AvgIpc) is 2.00. The molecule has 0 amide bonds. The first-order valence-electron chi connectivity index (χ1n) is 5.38. The quantitative estimate of drug-likeness (QED) is 0.486. The van der Waals surface area contributed by atoms with Gasteiger partial charge in [0.15, 0.2) is 5.78 Å². The van der Waals surface area contributed by atoms with Crippen molar-refractivity contribution in [1.82, 2.24) is 0 Å². The predicted octanol–water partition coefficient (Wildman–Crippen LogP) is 4.21. The Balaban J connectivity index is 4.18. The highest BCUT2D eigenvalue weighted by molar-refractivity contribution is 5.87. The number of rotatable bonds is 5. The zero-order chi connectivity index (χ0) is 11.8. The molecule has 0 N–H and O–H groups in total. The molecule has 84 valence electrons. The summed E-state index contributed by atoms with van der Waals surface area (Å²) in [5, 5.41) is 0. The summed E-state index contributed by atoms with van der Waals surface area (Å²) in [6.45, 7) is 9.90. The van der Waals surface area contributed by atoms with Crippen LogP contribution in [0.4, 0.5) is 0 Å². The van der Waals surface area contributed by atoms with Gasteiger partial charge in [-0.15, -0.1) is 0 Å². The largest absolute Gasteiger partial charge is 0.295 e. The number of carbonyl (C=O) groups is 1. The molecule has 15 heavy (non-hydrogen) atoms. The molecule has 0 aromatic carbocycles. The Hall–Kier alpha value is -1.11. The van der Waals surface area contributed by atoms with Crippen molar-refractivity contribution >= 4 is 5.78 Å². The van der Waals surface area contributed by atoms with E-state index in [-0.39, 0.29) is 5.78 Å². The van der Waals surface area contributed by atoms with Crippen LogP contribution in [0.15, 0.2) is 34.9 Å². The van der Waals surface area contributed by atoms with Crippen molar-refractivity contribution in [2.75, 3.05) is 0 Å². The lowest BCUT2D eigenvalue weighted by Crippen LogP contribution is -1.87. The number of ketones is 1. The molecule has 0 radical (unpaired) electrons. The van der Waals surface area contributed by atoms with Crippen molar-refractivity contribution in [3.8, 4) is 0 Å². The van der Waals surface area contributed by atoms with Crippen LogP contribution in [0.5, 0.6) is 0 Å². The van der Waals surface area contributed by atoms with Gasteiger partial charge in [-0.3, -0.25) is 4.79 Å². The summed E-state index contributed by atoms with van der Waals surface area (Å²) < 4.78 is 0. The van der Waals surface area contributed by atoms with Crippen LogP contribution in [-0.4, -0.2) is 5.78 Å². The predicted molar refractivity (Wildman–Crippen MR) is 66.9 cm³/mol. The van der Waals surface area contributed by atoms with E-state index in [0.29, 0.717) is 0 Å². The van der Waals surface area contributed by atoms with Gasteiger partial charge in [-0.1, -0.05) is 28.9 Å². The molecule has 0 spiro atoms. The van der Waals surface area contributed by atoms with Crippen molar-refractivity contribution in [1.29, 1.82) is 0 Å². The van der Waals surface area contributed by atoms with E-state index in [0.717, 1.165) is 18.4 Å². The van der Waals surface area contributed by atoms with Gasteiger partial charge >= 0.3 is 0 Å². The fourth-order valence-electron chi connectivity index (χ4n) is 1.41. The fourth-order valence-corrected chi connectivity index (χ4v) is 1.41. The Morgan fingerprint density at radius 3 is 2.00 bits per heavy atom. The van der Waals surface area contributed by atoms with E-state index in [1.807, 2.05) is 6.92 Å². The van der Waals surface area contributed by atoms with Gasteiger partial charge < -0.3 is 0 Å². The van der Waals surface area contributed by atoms with Crippen LogP contribution in [-0.2, 0) is 4.79 Å². The standard InChI is InChI=1S/C14H22O/c1-11(2)7-6-8-12(3)9-13(4)10-14(5)15/h7-8,10H,6,9H2,1-5H3/b12-8+,13-10+. The smallest absolute Gasteiger partial charge is 0.152 e. The maximum absolute atomic E-state index is 10.8. The highest BCUT2D eigenvalue weighted by atomic mass is 16.1. The molecule has 0 aliphatic heterocycles. The molecular formula is C14H22O. The van der Waals surface area contributed by atoms with Crippen molar-refractivity contribution < 1.29 is 4.79 Å². The first-order chi connectivity index (χ1) is 6.91. The molecule has 0 aliphatic carbocycles. The molecule has 0 unspecified atom stereocenters. The Morgan fingerprint density at radius 2 is 1.53 bits per heavy atom. The summed E-state index contributed by atoms with van der Waals surface area (Å²) in [4.78, 5) is 10.8. The zero-order valence-electron chi connectivity index (χ0n) is 10.6. The second-order valence-electron chi connectivity index (χ2n) is 4.35. The Bertz CT molecular complexity index is 299. The summed E-state index contributed by atoms with van der Waals surface area (Å²) >= 11 is 0. The summed E-state index contributed by atoms with van der Waals surface area (Å²) in [6, 6.07) is 0. The summed E-state index contributed by atoms with van der Waals surface area (Å²) in [5.74, 6) is 0.129. The van der Waals surface area contributed by atoms with Gasteiger partial charge in [0.1, 0.15) is 0 Å². The second kappa shape index (κ2) is 7.22. The first kappa shape index (κ1) is 13.9. The third kappa shape index (κ3) is 9.20. The summed E-state index contributed by atoms with van der Waals surface area (Å²) in [7, 11) is 0. The third-order valence-corrected chi connectivity index (χ3v) is 2.00. The average molecular weight is 206 g/mol. The van der Waals surface area contributed by atoms with Crippen LogP contribution in [0, 0.1) is 0 Å². The molecule has 0 fully saturated rings. The van der Waals surface area contributed by atoms with E-state index in [1.165, 1.54) is 11.1 Å². The van der Waals surface area contributed by atoms with E-state index in [2.05, 4.69) is 32.9 Å². The molecule has 0 saturated heterocycles. The van der Waals surface area contributed by atoms with Gasteiger partial charge in [-0.05, 0) is 53.5 Å². The summed E-state index contributed by atoms with van der Waals surface area (Å²) in [5.41, 5.74) is 3.80. The van der Waals surface area contributed by atoms with Gasteiger partial charge in [-0.25, -0.2) is 0 Å². The van der Waals surface area contributed by atoms with Gasteiger partial charge in [0.25, 0.3) is 0 Å². The van der Waals surface area contributed by atoms with E-state index in [1.54, 1.807) is 13.0 Å². The van der Waals surface area contributed by atoms with E-state index in [4.69, 9.17) is 0 Å². The lowest BCUT2D eigenvalue weighted by Gasteiger charge is -2.00. The normalized spacial score (nSPS) is 12.6. The summed E-state index contributed by atoms with van der Waals surface area (Å²) in [6.07, 6.45) is 8.01. The number of hydrogen-bond donors (Lipinski definition) is 0. The fraction of sp³-hybridized carbons (Fsp3) is 0.500. The van der Waals surface area contributed by atoms with Crippen molar-refractivity contribution in [3.63, 3.8) is 0 Å². The Morgan fingerprint density at radius 1 is 0.933 bits per heavy atom. The molecule has 1 heteroatoms. The van der Waals surface area contributed by atoms with Crippen LogP contribution in [0.3, 0.4) is 0 Å². The number of carbonyl (C=O) groups excluding carboxylic acids is 1. The highest BCUT2D eigenvalue weighted by Gasteiger charge is 1.94. The van der Waals surface area contributed by atoms with Gasteiger partial charge in [0.05, 0.1) is 0 Å². The topological polar surface area (TPSA) is 17.1 Å². The molecule has 0 atom stereocenters. The number of allylic oxidation sites excluding steroid dienone is 6. The van der Waals surface area contributed by atoms with Crippen LogP contribution in [0.1, 0.15) is 47.5 Å². The van der Waals surface area contributed by atoms with E-state index >= 15 is 0 Å². The Labute approximate surface area is 93.6 Å². The molecule has 0 aromatic heterocycles. The molecule has 0 heterocycles. The van der Waals surface area contributed by atoms with Gasteiger partial charge in [-0.2, -0.15) is 0 Å². The maximum Gasteiger partial charge on any atom is 0.152 e. The number of hydrogen-bond acceptors (Lipinski definition) is 1. The van der Waals surface area contributed by atoms with Crippen molar-refractivity contribution in [2.45, 2.75) is 47.5 Å². The molecule has 0 aromatic rings. The van der Waals surface area contributed by atoms with Crippen LogP contribution in [0.2, 0.25) is 0 Å². The van der Waals surface area contributed by atoms with Crippen LogP contribution < -0.4 is 0 Å². The minimum Gasteiger partial charge on any atom is -0.295 e. The molecular weight excluding hydrogens is 184 g/mol. The Kier molecular flexibility index (Phi) is 6.68. The highest BCUT2D eigenvalue weighted by Crippen LogP contribution is 2.11. The minimum absolute atomic E-state index is 0.129. The molecule has 0 bridgehead atoms. The monoisotopic (exact) mass is 206 g/mol. The third-order valence-electron chi connectivity index (χ3n) is 2.00. The van der Waals surface area contributed by atoms with E-state index in [9.17, 15) is 4.79 Å². The SMILES string of the molecule is CC(=O)/C=C(\C)C/C(C)=C/CC=C(C)C. The zero-order valence-corrected chi connectivity index (χ0v) is 10.6. The lowest BCUT2D eigenvalue weighted by molar-refractivity contribution is -0.112. The molecule has 0 saturated carbocycles. The van der Waals surface area contributed by atoms with Gasteiger partial charge in [0, 0.05) is 0 Å². The van der Waals surface area contributed by atoms with Crippen LogP contribution in [0.25, 0.3) is 0 Å². The molecule has 0 rings (SSSR count). The second-order valence-corrected chi connectivity index (χ2v) is 4.35. The molecule has 1 nitrogen and oxygen atoms in total. The van der Waals surface area contributed by atoms with E-state index < -0.39 is 0 Å². The van der Waals surface area contributed by atoms with Gasteiger partial charge in [0.2, 0.25) is 0 Å². The minimum atomic E-state index is 0.129. The lowest BCUT2D eigenvalue weighted by atomic mass is 10.1. The van der Waals surface area contributed by atoms with Crippen molar-refractivity contribution in [2.24, 2.45) is 0 Å². The molecule has 0 aliphatic rings. The van der Waals surface area contributed by atoms with Crippen molar-refractivity contribution in [3.05, 3.63) is 34.9 Å². The first-order valence-corrected chi connectivity index (χ1v) is 5.38. The maximum atomic E-state index is 10.8.